The Bertz CT molecular complexity index is 966. The lowest BCUT2D eigenvalue weighted by molar-refractivity contribution is -0.385. The van der Waals surface area contributed by atoms with Crippen molar-refractivity contribution in [3.05, 3.63) is 73.6 Å². The fraction of sp³-hybridized carbons (Fsp3) is 0.143. The molecule has 0 aliphatic heterocycles. The third-order valence-corrected chi connectivity index (χ3v) is 3.32. The first-order valence-corrected chi connectivity index (χ1v) is 6.49. The van der Waals surface area contributed by atoms with Gasteiger partial charge in [0.25, 0.3) is 11.2 Å². The Balaban J connectivity index is 1.93. The van der Waals surface area contributed by atoms with Crippen molar-refractivity contribution in [2.45, 2.75) is 13.1 Å². The molecule has 3 aromatic rings. The molecule has 0 fully saturated rings. The lowest BCUT2D eigenvalue weighted by Gasteiger charge is -2.05. The van der Waals surface area contributed by atoms with E-state index in [0.29, 0.717) is 11.1 Å². The van der Waals surface area contributed by atoms with Gasteiger partial charge in [-0.15, -0.1) is 0 Å². The number of rotatable bonds is 4. The topological polar surface area (TPSA) is 100 Å². The summed E-state index contributed by atoms with van der Waals surface area (Å²) < 4.78 is 7.68. The summed E-state index contributed by atoms with van der Waals surface area (Å²) >= 11 is 0. The van der Waals surface area contributed by atoms with Crippen LogP contribution in [0.25, 0.3) is 11.1 Å². The maximum atomic E-state index is 11.8. The Morgan fingerprint density at radius 3 is 2.64 bits per heavy atom. The van der Waals surface area contributed by atoms with Crippen LogP contribution in [0.4, 0.5) is 5.69 Å². The molecule has 0 amide bonds. The van der Waals surface area contributed by atoms with Gasteiger partial charge in [0.15, 0.2) is 5.58 Å². The van der Waals surface area contributed by atoms with Crippen molar-refractivity contribution in [2.75, 3.05) is 0 Å². The standard InChI is InChI=1S/C14H11N3O5/c18-13-6-5-10(17(20)21)9-15(13)7-8-16-11-3-1-2-4-12(11)22-14(16)19/h1-6,9H,7-8H2. The van der Waals surface area contributed by atoms with Gasteiger partial charge in [-0.25, -0.2) is 4.79 Å². The Labute approximate surface area is 123 Å². The number of hydrogen-bond acceptors (Lipinski definition) is 5. The fourth-order valence-electron chi connectivity index (χ4n) is 2.23. The molecule has 0 aliphatic rings. The third kappa shape index (κ3) is 2.41. The molecule has 0 N–H and O–H groups in total. The van der Waals surface area contributed by atoms with Crippen LogP contribution < -0.4 is 11.3 Å². The van der Waals surface area contributed by atoms with Crippen LogP contribution in [0, 0.1) is 10.1 Å². The largest absolute Gasteiger partial charge is 0.420 e. The van der Waals surface area contributed by atoms with E-state index in [4.69, 9.17) is 4.42 Å². The Hall–Kier alpha value is -3.16. The van der Waals surface area contributed by atoms with E-state index < -0.39 is 10.7 Å². The quantitative estimate of drug-likeness (QED) is 0.535. The second kappa shape index (κ2) is 5.32. The minimum Gasteiger partial charge on any atom is -0.408 e. The molecule has 0 bridgehead atoms. The van der Waals surface area contributed by atoms with Crippen LogP contribution in [-0.2, 0) is 13.1 Å². The molecule has 8 nitrogen and oxygen atoms in total. The highest BCUT2D eigenvalue weighted by Gasteiger charge is 2.11. The number of benzene rings is 1. The van der Waals surface area contributed by atoms with Gasteiger partial charge in [-0.2, -0.15) is 0 Å². The summed E-state index contributed by atoms with van der Waals surface area (Å²) in [6, 6.07) is 9.21. The molecule has 3 rings (SSSR count). The third-order valence-electron chi connectivity index (χ3n) is 3.32. The molecular formula is C14H11N3O5. The van der Waals surface area contributed by atoms with Gasteiger partial charge in [-0.3, -0.25) is 19.5 Å². The molecule has 0 aliphatic carbocycles. The minimum absolute atomic E-state index is 0.129. The molecule has 0 radical (unpaired) electrons. The summed E-state index contributed by atoms with van der Waals surface area (Å²) in [6.07, 6.45) is 1.16. The van der Waals surface area contributed by atoms with Crippen molar-refractivity contribution in [3.63, 3.8) is 0 Å². The van der Waals surface area contributed by atoms with E-state index in [1.54, 1.807) is 24.3 Å². The average Bonchev–Trinajstić information content (AvgIpc) is 2.81. The molecule has 0 saturated carbocycles. The summed E-state index contributed by atoms with van der Waals surface area (Å²) in [7, 11) is 0. The molecule has 0 atom stereocenters. The SMILES string of the molecule is O=c1ccc([N+](=O)[O-])cn1CCn1c(=O)oc2ccccc21. The Kier molecular flexibility index (Phi) is 3.34. The zero-order valence-electron chi connectivity index (χ0n) is 11.3. The Morgan fingerprint density at radius 1 is 1.09 bits per heavy atom. The first kappa shape index (κ1) is 13.8. The van der Waals surface area contributed by atoms with Crippen LogP contribution in [0.2, 0.25) is 0 Å². The van der Waals surface area contributed by atoms with Gasteiger partial charge in [-0.1, -0.05) is 12.1 Å². The summed E-state index contributed by atoms with van der Waals surface area (Å²) in [4.78, 5) is 33.7. The molecule has 2 heterocycles. The van der Waals surface area contributed by atoms with E-state index in [1.165, 1.54) is 9.13 Å². The van der Waals surface area contributed by atoms with E-state index in [2.05, 4.69) is 0 Å². The highest BCUT2D eigenvalue weighted by Crippen LogP contribution is 2.12. The van der Waals surface area contributed by atoms with Crippen LogP contribution in [0.3, 0.4) is 0 Å². The second-order valence-electron chi connectivity index (χ2n) is 4.66. The molecule has 22 heavy (non-hydrogen) atoms. The minimum atomic E-state index is -0.574. The fourth-order valence-corrected chi connectivity index (χ4v) is 2.23. The van der Waals surface area contributed by atoms with E-state index in [-0.39, 0.29) is 24.3 Å². The molecule has 0 saturated heterocycles. The number of nitro groups is 1. The summed E-state index contributed by atoms with van der Waals surface area (Å²) in [5.74, 6) is -0.528. The van der Waals surface area contributed by atoms with Crippen molar-refractivity contribution in [1.82, 2.24) is 9.13 Å². The van der Waals surface area contributed by atoms with Crippen LogP contribution in [-0.4, -0.2) is 14.1 Å². The predicted molar refractivity (Wildman–Crippen MR) is 77.8 cm³/mol. The molecule has 2 aromatic heterocycles. The number of para-hydroxylation sites is 2. The van der Waals surface area contributed by atoms with E-state index in [0.717, 1.165) is 18.3 Å². The van der Waals surface area contributed by atoms with Crippen molar-refractivity contribution in [3.8, 4) is 0 Å². The van der Waals surface area contributed by atoms with Crippen LogP contribution in [0.1, 0.15) is 0 Å². The van der Waals surface area contributed by atoms with Crippen molar-refractivity contribution >= 4 is 16.8 Å². The molecule has 0 unspecified atom stereocenters. The van der Waals surface area contributed by atoms with E-state index in [9.17, 15) is 19.7 Å². The van der Waals surface area contributed by atoms with Gasteiger partial charge >= 0.3 is 5.76 Å². The smallest absolute Gasteiger partial charge is 0.408 e. The van der Waals surface area contributed by atoms with Crippen LogP contribution in [0.5, 0.6) is 0 Å². The number of aromatic nitrogens is 2. The Morgan fingerprint density at radius 2 is 1.86 bits per heavy atom. The summed E-state index contributed by atoms with van der Waals surface area (Å²) in [5.41, 5.74) is 0.528. The summed E-state index contributed by atoms with van der Waals surface area (Å²) in [6.45, 7) is 0.306. The van der Waals surface area contributed by atoms with Crippen molar-refractivity contribution < 1.29 is 9.34 Å². The molecule has 8 heteroatoms. The van der Waals surface area contributed by atoms with Crippen molar-refractivity contribution in [1.29, 1.82) is 0 Å². The average molecular weight is 301 g/mol. The van der Waals surface area contributed by atoms with Gasteiger partial charge in [0.05, 0.1) is 16.6 Å². The highest BCUT2D eigenvalue weighted by molar-refractivity contribution is 5.72. The normalized spacial score (nSPS) is 10.9. The zero-order chi connectivity index (χ0) is 15.7. The van der Waals surface area contributed by atoms with Gasteiger partial charge in [0, 0.05) is 25.2 Å². The molecule has 112 valence electrons. The van der Waals surface area contributed by atoms with Crippen LogP contribution >= 0.6 is 0 Å². The number of nitrogens with zero attached hydrogens (tertiary/aromatic N) is 3. The van der Waals surface area contributed by atoms with Crippen molar-refractivity contribution in [2.24, 2.45) is 0 Å². The van der Waals surface area contributed by atoms with Crippen LogP contribution in [0.15, 0.2) is 56.6 Å². The predicted octanol–water partition coefficient (Wildman–Crippen LogP) is 1.36. The highest BCUT2D eigenvalue weighted by atomic mass is 16.6. The first-order valence-electron chi connectivity index (χ1n) is 6.49. The van der Waals surface area contributed by atoms with Gasteiger partial charge < -0.3 is 8.98 Å². The van der Waals surface area contributed by atoms with Gasteiger partial charge in [-0.05, 0) is 12.1 Å². The monoisotopic (exact) mass is 301 g/mol. The number of pyridine rings is 1. The van der Waals surface area contributed by atoms with Gasteiger partial charge in [0.1, 0.15) is 0 Å². The second-order valence-corrected chi connectivity index (χ2v) is 4.66. The maximum Gasteiger partial charge on any atom is 0.420 e. The number of aryl methyl sites for hydroxylation is 2. The first-order chi connectivity index (χ1) is 10.6. The number of oxazole rings is 1. The lowest BCUT2D eigenvalue weighted by Crippen LogP contribution is -2.24. The molecular weight excluding hydrogens is 290 g/mol. The van der Waals surface area contributed by atoms with E-state index >= 15 is 0 Å². The molecule has 1 aromatic carbocycles. The van der Waals surface area contributed by atoms with E-state index in [1.807, 2.05) is 0 Å². The zero-order valence-corrected chi connectivity index (χ0v) is 11.3. The lowest BCUT2D eigenvalue weighted by atomic mass is 10.3. The number of fused-ring (bicyclic) bond motifs is 1. The molecule has 0 spiro atoms. The van der Waals surface area contributed by atoms with Gasteiger partial charge in [0.2, 0.25) is 0 Å². The number of hydrogen-bond donors (Lipinski definition) is 0. The summed E-state index contributed by atoms with van der Waals surface area (Å²) in [5, 5.41) is 10.7. The maximum absolute atomic E-state index is 11.8.